The number of rotatable bonds is 0. The van der Waals surface area contributed by atoms with E-state index >= 15 is 0 Å². The van der Waals surface area contributed by atoms with E-state index in [1.807, 2.05) is 24.3 Å². The molecule has 3 rings (SSSR count). The van der Waals surface area contributed by atoms with Crippen molar-refractivity contribution < 1.29 is 0 Å². The molecule has 80 valence electrons. The van der Waals surface area contributed by atoms with Crippen molar-refractivity contribution in [2.45, 2.75) is 0 Å². The van der Waals surface area contributed by atoms with E-state index in [1.54, 1.807) is 0 Å². The van der Waals surface area contributed by atoms with Gasteiger partial charge in [0.1, 0.15) is 0 Å². The molecule has 0 bridgehead atoms. The fourth-order valence-electron chi connectivity index (χ4n) is 2.23. The molecule has 0 aliphatic carbocycles. The predicted octanol–water partition coefficient (Wildman–Crippen LogP) is 4.74. The average Bonchev–Trinajstić information content (AvgIpc) is 2.40. The SMILES string of the molecule is C#Cc1c2ccccc2c(Br)c2ccccc12. The Morgan fingerprint density at radius 3 is 1.59 bits per heavy atom. The van der Waals surface area contributed by atoms with Crippen LogP contribution in [0.2, 0.25) is 0 Å². The quantitative estimate of drug-likeness (QED) is 0.412. The molecule has 0 radical (unpaired) electrons. The van der Waals surface area contributed by atoms with Crippen LogP contribution in [0.3, 0.4) is 0 Å². The van der Waals surface area contributed by atoms with Crippen molar-refractivity contribution in [3.63, 3.8) is 0 Å². The second-order valence-electron chi connectivity index (χ2n) is 3.92. The number of fused-ring (bicyclic) bond motifs is 2. The molecule has 17 heavy (non-hydrogen) atoms. The number of halogens is 1. The zero-order chi connectivity index (χ0) is 11.8. The van der Waals surface area contributed by atoms with Crippen molar-refractivity contribution in [3.8, 4) is 12.3 Å². The normalized spacial score (nSPS) is 10.6. The molecule has 0 unspecified atom stereocenters. The fraction of sp³-hybridized carbons (Fsp3) is 0. The van der Waals surface area contributed by atoms with Crippen LogP contribution in [-0.2, 0) is 0 Å². The van der Waals surface area contributed by atoms with Crippen molar-refractivity contribution in [1.29, 1.82) is 0 Å². The van der Waals surface area contributed by atoms with Gasteiger partial charge in [0, 0.05) is 10.0 Å². The molecule has 1 heteroatoms. The van der Waals surface area contributed by atoms with Gasteiger partial charge in [0.05, 0.1) is 0 Å². The van der Waals surface area contributed by atoms with Crippen molar-refractivity contribution in [2.24, 2.45) is 0 Å². The maximum atomic E-state index is 5.67. The molecule has 0 fully saturated rings. The molecule has 3 aromatic carbocycles. The minimum atomic E-state index is 0.972. The third kappa shape index (κ3) is 1.45. The van der Waals surface area contributed by atoms with E-state index in [0.29, 0.717) is 0 Å². The Kier molecular flexibility index (Phi) is 2.39. The van der Waals surface area contributed by atoms with Crippen molar-refractivity contribution >= 4 is 37.5 Å². The van der Waals surface area contributed by atoms with Gasteiger partial charge in [-0.2, -0.15) is 0 Å². The summed E-state index contributed by atoms with van der Waals surface area (Å²) in [5, 5.41) is 4.58. The minimum absolute atomic E-state index is 0.972. The number of hydrogen-bond acceptors (Lipinski definition) is 0. The van der Waals surface area contributed by atoms with Crippen LogP contribution in [0.5, 0.6) is 0 Å². The third-order valence-electron chi connectivity index (χ3n) is 3.01. The molecular formula is C16H9Br. The van der Waals surface area contributed by atoms with E-state index in [1.165, 1.54) is 10.8 Å². The van der Waals surface area contributed by atoms with E-state index in [4.69, 9.17) is 6.42 Å². The first-order valence-electron chi connectivity index (χ1n) is 5.38. The lowest BCUT2D eigenvalue weighted by Crippen LogP contribution is -1.85. The third-order valence-corrected chi connectivity index (χ3v) is 3.86. The van der Waals surface area contributed by atoms with Gasteiger partial charge >= 0.3 is 0 Å². The molecule has 0 spiro atoms. The Balaban J connectivity index is 2.70. The van der Waals surface area contributed by atoms with E-state index in [9.17, 15) is 0 Å². The molecule has 0 saturated heterocycles. The van der Waals surface area contributed by atoms with Crippen LogP contribution in [-0.4, -0.2) is 0 Å². The molecule has 0 N–H and O–H groups in total. The highest BCUT2D eigenvalue weighted by Crippen LogP contribution is 2.35. The highest BCUT2D eigenvalue weighted by atomic mass is 79.9. The summed E-state index contributed by atoms with van der Waals surface area (Å²) < 4.78 is 1.11. The molecule has 0 aliphatic rings. The summed E-state index contributed by atoms with van der Waals surface area (Å²) in [5.74, 6) is 2.82. The molecule has 0 atom stereocenters. The number of benzene rings is 3. The number of hydrogen-bond donors (Lipinski definition) is 0. The van der Waals surface area contributed by atoms with Crippen molar-refractivity contribution in [1.82, 2.24) is 0 Å². The Bertz CT molecular complexity index is 706. The van der Waals surface area contributed by atoms with Gasteiger partial charge in [-0.05, 0) is 37.5 Å². The smallest absolute Gasteiger partial charge is 0.0400 e. The van der Waals surface area contributed by atoms with Crippen LogP contribution in [0.25, 0.3) is 21.5 Å². The minimum Gasteiger partial charge on any atom is -0.115 e. The predicted molar refractivity (Wildman–Crippen MR) is 77.1 cm³/mol. The largest absolute Gasteiger partial charge is 0.115 e. The first-order valence-corrected chi connectivity index (χ1v) is 6.18. The fourth-order valence-corrected chi connectivity index (χ4v) is 2.92. The Morgan fingerprint density at radius 1 is 0.765 bits per heavy atom. The van der Waals surface area contributed by atoms with Gasteiger partial charge in [-0.3, -0.25) is 0 Å². The van der Waals surface area contributed by atoms with E-state index < -0.39 is 0 Å². The van der Waals surface area contributed by atoms with Crippen LogP contribution in [0.15, 0.2) is 53.0 Å². The lowest BCUT2D eigenvalue weighted by Gasteiger charge is -2.09. The summed E-state index contributed by atoms with van der Waals surface area (Å²) in [4.78, 5) is 0. The molecule has 0 saturated carbocycles. The van der Waals surface area contributed by atoms with E-state index in [0.717, 1.165) is 20.8 Å². The zero-order valence-electron chi connectivity index (χ0n) is 9.07. The average molecular weight is 281 g/mol. The lowest BCUT2D eigenvalue weighted by atomic mass is 9.97. The summed E-state index contributed by atoms with van der Waals surface area (Å²) in [6.07, 6.45) is 5.67. The second-order valence-corrected chi connectivity index (χ2v) is 4.72. The highest BCUT2D eigenvalue weighted by molar-refractivity contribution is 9.10. The van der Waals surface area contributed by atoms with E-state index in [-0.39, 0.29) is 0 Å². The maximum absolute atomic E-state index is 5.67. The van der Waals surface area contributed by atoms with Crippen LogP contribution in [0.1, 0.15) is 5.56 Å². The second kappa shape index (κ2) is 3.91. The summed E-state index contributed by atoms with van der Waals surface area (Å²) in [7, 11) is 0. The molecule has 0 aromatic heterocycles. The molecule has 3 aromatic rings. The summed E-state index contributed by atoms with van der Waals surface area (Å²) >= 11 is 3.68. The van der Waals surface area contributed by atoms with Crippen LogP contribution in [0.4, 0.5) is 0 Å². The van der Waals surface area contributed by atoms with E-state index in [2.05, 4.69) is 46.1 Å². The summed E-state index contributed by atoms with van der Waals surface area (Å²) in [6, 6.07) is 16.4. The number of terminal acetylenes is 1. The van der Waals surface area contributed by atoms with Gasteiger partial charge in [-0.1, -0.05) is 54.5 Å². The zero-order valence-corrected chi connectivity index (χ0v) is 10.7. The monoisotopic (exact) mass is 280 g/mol. The van der Waals surface area contributed by atoms with Crippen LogP contribution < -0.4 is 0 Å². The summed E-state index contributed by atoms with van der Waals surface area (Å²) in [6.45, 7) is 0. The standard InChI is InChI=1S/C16H9Br/c1-2-11-12-7-3-5-9-14(12)16(17)15-10-6-4-8-13(11)15/h1,3-10H. The first kappa shape index (κ1) is 10.4. The summed E-state index contributed by atoms with van der Waals surface area (Å²) in [5.41, 5.74) is 0.972. The molecular weight excluding hydrogens is 272 g/mol. The van der Waals surface area contributed by atoms with Gasteiger partial charge in [0.15, 0.2) is 0 Å². The van der Waals surface area contributed by atoms with Gasteiger partial charge in [-0.15, -0.1) is 6.42 Å². The van der Waals surface area contributed by atoms with Crippen LogP contribution in [0, 0.1) is 12.3 Å². The Labute approximate surface area is 108 Å². The van der Waals surface area contributed by atoms with Gasteiger partial charge < -0.3 is 0 Å². The molecule has 0 aliphatic heterocycles. The van der Waals surface area contributed by atoms with Crippen molar-refractivity contribution in [2.75, 3.05) is 0 Å². The first-order chi connectivity index (χ1) is 8.33. The Hall–Kier alpha value is -1.78. The van der Waals surface area contributed by atoms with Gasteiger partial charge in [0.2, 0.25) is 0 Å². The maximum Gasteiger partial charge on any atom is 0.0400 e. The van der Waals surface area contributed by atoms with Gasteiger partial charge in [0.25, 0.3) is 0 Å². The molecule has 0 amide bonds. The lowest BCUT2D eigenvalue weighted by molar-refractivity contribution is 1.71. The van der Waals surface area contributed by atoms with Crippen LogP contribution >= 0.6 is 15.9 Å². The highest BCUT2D eigenvalue weighted by Gasteiger charge is 2.09. The van der Waals surface area contributed by atoms with Gasteiger partial charge in [-0.25, -0.2) is 0 Å². The topological polar surface area (TPSA) is 0 Å². The Morgan fingerprint density at radius 2 is 1.18 bits per heavy atom. The molecule has 0 heterocycles. The van der Waals surface area contributed by atoms with Crippen molar-refractivity contribution in [3.05, 3.63) is 58.6 Å². The molecule has 0 nitrogen and oxygen atoms in total.